The molecule has 1 N–H and O–H groups in total. The summed E-state index contributed by atoms with van der Waals surface area (Å²) < 4.78 is 27.1. The Bertz CT molecular complexity index is 341. The van der Waals surface area contributed by atoms with Crippen molar-refractivity contribution in [1.82, 2.24) is 0 Å². The minimum absolute atomic E-state index is 0.133. The van der Waals surface area contributed by atoms with Gasteiger partial charge in [-0.15, -0.1) is 0 Å². The van der Waals surface area contributed by atoms with Gasteiger partial charge >= 0.3 is 7.60 Å². The van der Waals surface area contributed by atoms with Crippen LogP contribution in [0.1, 0.15) is 20.8 Å². The number of rotatable bonds is 7. The highest BCUT2D eigenvalue weighted by molar-refractivity contribution is 7.54. The summed E-state index contributed by atoms with van der Waals surface area (Å²) in [6.45, 7) is 11.1. The van der Waals surface area contributed by atoms with E-state index in [4.69, 9.17) is 13.5 Å². The maximum Gasteiger partial charge on any atom is 0.362 e. The minimum atomic E-state index is -3.46. The molecule has 5 nitrogen and oxygen atoms in total. The third-order valence-electron chi connectivity index (χ3n) is 3.49. The fourth-order valence-corrected chi connectivity index (χ4v) is 2.91. The molecule has 0 aliphatic rings. The number of hydrogen-bond acceptors (Lipinski definition) is 5. The monoisotopic (exact) mass is 310 g/mol. The van der Waals surface area contributed by atoms with Crippen molar-refractivity contribution >= 4 is 15.9 Å². The predicted octanol–water partition coefficient (Wildman–Crippen LogP) is 3.37. The van der Waals surface area contributed by atoms with Gasteiger partial charge in [-0.25, -0.2) is 0 Å². The average molecular weight is 310 g/mol. The van der Waals surface area contributed by atoms with Crippen molar-refractivity contribution in [2.24, 2.45) is 0 Å². The van der Waals surface area contributed by atoms with Gasteiger partial charge in [0.15, 0.2) is 14.2 Å². The van der Waals surface area contributed by atoms with Crippen molar-refractivity contribution in [3.63, 3.8) is 0 Å². The van der Waals surface area contributed by atoms with Crippen LogP contribution in [0.15, 0.2) is 12.2 Å². The summed E-state index contributed by atoms with van der Waals surface area (Å²) in [5.41, 5.74) is 0. The van der Waals surface area contributed by atoms with E-state index in [-0.39, 0.29) is 5.04 Å². The van der Waals surface area contributed by atoms with Gasteiger partial charge in [0.2, 0.25) is 0 Å². The Hall–Kier alpha value is 0.0269. The van der Waals surface area contributed by atoms with E-state index in [0.717, 1.165) is 0 Å². The molecular formula is C12H27O5PSi. The molecule has 1 atom stereocenters. The van der Waals surface area contributed by atoms with Crippen molar-refractivity contribution in [2.45, 2.75) is 44.7 Å². The lowest BCUT2D eigenvalue weighted by Gasteiger charge is -2.35. The molecule has 0 bridgehead atoms. The van der Waals surface area contributed by atoms with Crippen LogP contribution in [0.3, 0.4) is 0 Å². The molecule has 0 aliphatic carbocycles. The minimum Gasteiger partial charge on any atom is -0.413 e. The maximum absolute atomic E-state index is 11.8. The zero-order valence-electron chi connectivity index (χ0n) is 13.0. The highest BCUT2D eigenvalue weighted by Gasteiger charge is 2.36. The first-order valence-electron chi connectivity index (χ1n) is 6.20. The van der Waals surface area contributed by atoms with Crippen LogP contribution < -0.4 is 0 Å². The summed E-state index contributed by atoms with van der Waals surface area (Å²) in [6, 6.07) is 0. The van der Waals surface area contributed by atoms with Crippen LogP contribution in [0, 0.1) is 0 Å². The Labute approximate surface area is 117 Å². The maximum atomic E-state index is 11.8. The Kier molecular flexibility index (Phi) is 7.16. The zero-order chi connectivity index (χ0) is 15.3. The van der Waals surface area contributed by atoms with Gasteiger partial charge in [0.1, 0.15) is 0 Å². The van der Waals surface area contributed by atoms with Gasteiger partial charge in [-0.2, -0.15) is 0 Å². The summed E-state index contributed by atoms with van der Waals surface area (Å²) in [5, 5.41) is 9.85. The molecule has 0 fully saturated rings. The topological polar surface area (TPSA) is 65.0 Å². The zero-order valence-corrected chi connectivity index (χ0v) is 14.9. The van der Waals surface area contributed by atoms with E-state index in [1.807, 2.05) is 0 Å². The molecular weight excluding hydrogens is 283 g/mol. The van der Waals surface area contributed by atoms with Crippen LogP contribution in [0.25, 0.3) is 0 Å². The first-order chi connectivity index (χ1) is 8.50. The fraction of sp³-hybridized carbons (Fsp3) is 0.833. The Morgan fingerprint density at radius 1 is 1.26 bits per heavy atom. The van der Waals surface area contributed by atoms with Crippen LogP contribution in [-0.2, 0) is 18.0 Å². The Morgan fingerprint density at radius 3 is 2.11 bits per heavy atom. The van der Waals surface area contributed by atoms with E-state index in [2.05, 4.69) is 33.9 Å². The van der Waals surface area contributed by atoms with E-state index < -0.39 is 21.8 Å². The van der Waals surface area contributed by atoms with E-state index in [9.17, 15) is 9.67 Å². The summed E-state index contributed by atoms with van der Waals surface area (Å²) in [6.07, 6.45) is 3.04. The van der Waals surface area contributed by atoms with Crippen molar-refractivity contribution in [3.05, 3.63) is 12.2 Å². The molecule has 0 saturated carbocycles. The average Bonchev–Trinajstić information content (AvgIpc) is 2.31. The molecule has 0 saturated heterocycles. The van der Waals surface area contributed by atoms with Crippen molar-refractivity contribution in [1.29, 1.82) is 0 Å². The van der Waals surface area contributed by atoms with Gasteiger partial charge in [0.05, 0.1) is 6.61 Å². The molecule has 0 aromatic carbocycles. The molecule has 0 aliphatic heterocycles. The molecule has 0 radical (unpaired) electrons. The second kappa shape index (κ2) is 7.15. The first-order valence-corrected chi connectivity index (χ1v) is 10.7. The van der Waals surface area contributed by atoms with Crippen LogP contribution in [0.2, 0.25) is 18.1 Å². The molecule has 0 spiro atoms. The molecule has 0 aromatic heterocycles. The van der Waals surface area contributed by atoms with Crippen molar-refractivity contribution in [3.8, 4) is 0 Å². The first kappa shape index (κ1) is 19.0. The largest absolute Gasteiger partial charge is 0.413 e. The van der Waals surface area contributed by atoms with Crippen LogP contribution in [0.5, 0.6) is 0 Å². The smallest absolute Gasteiger partial charge is 0.362 e. The molecule has 1 unspecified atom stereocenters. The van der Waals surface area contributed by atoms with Crippen LogP contribution in [-0.4, -0.2) is 40.1 Å². The third-order valence-corrected chi connectivity index (χ3v) is 9.83. The fourth-order valence-electron chi connectivity index (χ4n) is 1.05. The molecule has 0 aromatic rings. The summed E-state index contributed by atoms with van der Waals surface area (Å²) in [4.78, 5) is 0. The quantitative estimate of drug-likeness (QED) is 0.444. The highest BCUT2D eigenvalue weighted by atomic mass is 31.2. The van der Waals surface area contributed by atoms with Gasteiger partial charge < -0.3 is 18.6 Å². The Morgan fingerprint density at radius 2 is 1.74 bits per heavy atom. The molecule has 7 heteroatoms. The third kappa shape index (κ3) is 5.50. The summed E-state index contributed by atoms with van der Waals surface area (Å²) in [7, 11) is -2.78. The lowest BCUT2D eigenvalue weighted by Crippen LogP contribution is -2.40. The SMILES string of the molecule is COP(=O)(OC)C(O)/C=C/CO[Si](C)(C)C(C)(C)C. The Balaban J connectivity index is 4.44. The van der Waals surface area contributed by atoms with Gasteiger partial charge in [0, 0.05) is 14.2 Å². The van der Waals surface area contributed by atoms with E-state index in [1.165, 1.54) is 20.3 Å². The predicted molar refractivity (Wildman–Crippen MR) is 79.9 cm³/mol. The van der Waals surface area contributed by atoms with E-state index >= 15 is 0 Å². The van der Waals surface area contributed by atoms with Crippen LogP contribution >= 0.6 is 7.60 Å². The van der Waals surface area contributed by atoms with Gasteiger partial charge in [0.25, 0.3) is 0 Å². The molecule has 114 valence electrons. The van der Waals surface area contributed by atoms with E-state index in [1.54, 1.807) is 6.08 Å². The molecule has 0 rings (SSSR count). The second-order valence-electron chi connectivity index (χ2n) is 5.82. The summed E-state index contributed by atoms with van der Waals surface area (Å²) >= 11 is 0. The molecule has 19 heavy (non-hydrogen) atoms. The number of aliphatic hydroxyl groups excluding tert-OH is 1. The number of aliphatic hydroxyl groups is 1. The van der Waals surface area contributed by atoms with E-state index in [0.29, 0.717) is 6.61 Å². The van der Waals surface area contributed by atoms with Gasteiger partial charge in [-0.05, 0) is 24.2 Å². The lowest BCUT2D eigenvalue weighted by molar-refractivity contribution is 0.200. The van der Waals surface area contributed by atoms with Crippen molar-refractivity contribution < 1.29 is 23.1 Å². The summed E-state index contributed by atoms with van der Waals surface area (Å²) in [5.74, 6) is -1.27. The van der Waals surface area contributed by atoms with Crippen LogP contribution in [0.4, 0.5) is 0 Å². The second-order valence-corrected chi connectivity index (χ2v) is 13.0. The van der Waals surface area contributed by atoms with Gasteiger partial charge in [-0.3, -0.25) is 4.57 Å². The highest BCUT2D eigenvalue weighted by Crippen LogP contribution is 2.50. The molecule has 0 amide bonds. The van der Waals surface area contributed by atoms with Crippen molar-refractivity contribution in [2.75, 3.05) is 20.8 Å². The number of hydrogen-bond donors (Lipinski definition) is 1. The normalized spacial score (nSPS) is 16.0. The van der Waals surface area contributed by atoms with Gasteiger partial charge in [-0.1, -0.05) is 26.8 Å². The molecule has 0 heterocycles. The lowest BCUT2D eigenvalue weighted by atomic mass is 10.2. The standard InChI is InChI=1S/C12H27O5PSi/c1-12(2,3)19(6,7)17-10-8-9-11(13)18(14,15-4)16-5/h8-9,11,13H,10H2,1-7H3/b9-8+.